The predicted molar refractivity (Wildman–Crippen MR) is 106 cm³/mol. The van der Waals surface area contributed by atoms with Gasteiger partial charge in [-0.25, -0.2) is 19.7 Å². The van der Waals surface area contributed by atoms with E-state index in [1.54, 1.807) is 0 Å². The lowest BCUT2D eigenvalue weighted by Gasteiger charge is -2.17. The molecule has 4 rings (SSSR count). The van der Waals surface area contributed by atoms with Crippen molar-refractivity contribution >= 4 is 29.0 Å². The molecular formula is C18H24N6O8. The fourth-order valence-electron chi connectivity index (χ4n) is 3.56. The van der Waals surface area contributed by atoms with E-state index in [2.05, 4.69) is 25.6 Å². The number of hydrogen-bond acceptors (Lipinski definition) is 11. The molecule has 14 nitrogen and oxygen atoms in total. The summed E-state index contributed by atoms with van der Waals surface area (Å²) in [6.07, 6.45) is -2.16. The number of aliphatic hydroxyl groups is 2. The first kappa shape index (κ1) is 22.1. The Morgan fingerprint density at radius 3 is 2.84 bits per heavy atom. The Labute approximate surface area is 181 Å². The summed E-state index contributed by atoms with van der Waals surface area (Å²) in [6.45, 7) is 0.789. The van der Waals surface area contributed by atoms with Crippen molar-refractivity contribution in [2.45, 2.75) is 43.4 Å². The molecular weight excluding hydrogens is 428 g/mol. The summed E-state index contributed by atoms with van der Waals surface area (Å²) in [4.78, 5) is 34.9. The summed E-state index contributed by atoms with van der Waals surface area (Å²) in [5, 5.41) is 35.0. The third-order valence-corrected chi connectivity index (χ3v) is 5.23. The van der Waals surface area contributed by atoms with Crippen molar-refractivity contribution in [1.82, 2.24) is 24.8 Å². The molecule has 0 radical (unpaired) electrons. The van der Waals surface area contributed by atoms with Gasteiger partial charge in [-0.05, 0) is 6.42 Å². The number of aliphatic carboxylic acids is 1. The Balaban J connectivity index is 1.41. The molecule has 0 aromatic carbocycles. The molecule has 32 heavy (non-hydrogen) atoms. The number of hydrogen-bond donors (Lipinski definition) is 5. The number of ether oxygens (including phenoxy) is 3. The highest BCUT2D eigenvalue weighted by Gasteiger charge is 2.45. The SMILES string of the molecule is O=C(O)CCNC(=O)OC[C@H]1O[C@@H](n2cnc3c(N[C@@H]4CCOC4)ncnc32)[C@H](O)[C@H]1O. The Kier molecular flexibility index (Phi) is 6.64. The van der Waals surface area contributed by atoms with Crippen molar-refractivity contribution in [3.05, 3.63) is 12.7 Å². The first-order valence-corrected chi connectivity index (χ1v) is 10.1. The zero-order valence-electron chi connectivity index (χ0n) is 17.0. The fraction of sp³-hybridized carbons (Fsp3) is 0.611. The number of carboxylic acids is 1. The van der Waals surface area contributed by atoms with Gasteiger partial charge in [-0.3, -0.25) is 9.36 Å². The number of amides is 1. The zero-order valence-corrected chi connectivity index (χ0v) is 17.0. The number of nitrogens with one attached hydrogen (secondary N) is 2. The van der Waals surface area contributed by atoms with Gasteiger partial charge >= 0.3 is 12.1 Å². The summed E-state index contributed by atoms with van der Waals surface area (Å²) in [7, 11) is 0. The normalized spacial score (nSPS) is 27.5. The van der Waals surface area contributed by atoms with Crippen LogP contribution in [0.5, 0.6) is 0 Å². The van der Waals surface area contributed by atoms with E-state index in [-0.39, 0.29) is 25.6 Å². The van der Waals surface area contributed by atoms with Crippen molar-refractivity contribution in [2.75, 3.05) is 31.7 Å². The largest absolute Gasteiger partial charge is 0.481 e. The van der Waals surface area contributed by atoms with Crippen LogP contribution >= 0.6 is 0 Å². The molecule has 2 saturated heterocycles. The molecule has 0 bridgehead atoms. The smallest absolute Gasteiger partial charge is 0.407 e. The summed E-state index contributed by atoms with van der Waals surface area (Å²) in [5.41, 5.74) is 0.868. The van der Waals surface area contributed by atoms with Crippen LogP contribution in [0, 0.1) is 0 Å². The van der Waals surface area contributed by atoms with Gasteiger partial charge in [0.15, 0.2) is 23.2 Å². The minimum absolute atomic E-state index is 0.0996. The molecule has 14 heteroatoms. The average molecular weight is 452 g/mol. The van der Waals surface area contributed by atoms with E-state index in [1.807, 2.05) is 0 Å². The minimum atomic E-state index is -1.33. The van der Waals surface area contributed by atoms with Crippen molar-refractivity contribution in [2.24, 2.45) is 0 Å². The van der Waals surface area contributed by atoms with Gasteiger partial charge in [-0.2, -0.15) is 0 Å². The highest BCUT2D eigenvalue weighted by molar-refractivity contribution is 5.82. The van der Waals surface area contributed by atoms with Crippen LogP contribution in [0.2, 0.25) is 0 Å². The second-order valence-corrected chi connectivity index (χ2v) is 7.47. The van der Waals surface area contributed by atoms with Crippen LogP contribution in [0.25, 0.3) is 11.2 Å². The van der Waals surface area contributed by atoms with Crippen LogP contribution in [0.3, 0.4) is 0 Å². The highest BCUT2D eigenvalue weighted by atomic mass is 16.6. The predicted octanol–water partition coefficient (Wildman–Crippen LogP) is -1.15. The number of nitrogens with zero attached hydrogens (tertiary/aromatic N) is 4. The number of anilines is 1. The van der Waals surface area contributed by atoms with E-state index in [0.29, 0.717) is 30.2 Å². The number of rotatable bonds is 8. The molecule has 2 aromatic rings. The second kappa shape index (κ2) is 9.60. The van der Waals surface area contributed by atoms with Gasteiger partial charge < -0.3 is 40.2 Å². The third-order valence-electron chi connectivity index (χ3n) is 5.23. The van der Waals surface area contributed by atoms with Crippen molar-refractivity contribution in [3.63, 3.8) is 0 Å². The topological polar surface area (TPSA) is 190 Å². The van der Waals surface area contributed by atoms with Gasteiger partial charge in [-0.1, -0.05) is 0 Å². The molecule has 4 heterocycles. The van der Waals surface area contributed by atoms with E-state index in [1.165, 1.54) is 17.2 Å². The van der Waals surface area contributed by atoms with Crippen LogP contribution in [0.4, 0.5) is 10.6 Å². The standard InChI is InChI=1S/C18H24N6O8/c25-11(26)1-3-19-18(29)31-6-10-13(27)14(28)17(32-10)24-8-22-12-15(20-7-21-16(12)24)23-9-2-4-30-5-9/h7-10,13-14,17,27-28H,1-6H2,(H,19,29)(H,25,26)(H,20,21,23)/t9-,10-,13+,14-,17-/m1/s1. The molecule has 174 valence electrons. The van der Waals surface area contributed by atoms with Crippen molar-refractivity contribution in [1.29, 1.82) is 0 Å². The number of alkyl carbamates (subject to hydrolysis) is 1. The first-order valence-electron chi connectivity index (χ1n) is 10.1. The number of carbonyl (C=O) groups is 2. The molecule has 0 spiro atoms. The van der Waals surface area contributed by atoms with Gasteiger partial charge in [0.25, 0.3) is 0 Å². The lowest BCUT2D eigenvalue weighted by molar-refractivity contribution is -0.136. The van der Waals surface area contributed by atoms with Crippen molar-refractivity contribution in [3.8, 4) is 0 Å². The average Bonchev–Trinajstić information content (AvgIpc) is 3.48. The summed E-state index contributed by atoms with van der Waals surface area (Å²) >= 11 is 0. The molecule has 0 unspecified atom stereocenters. The van der Waals surface area contributed by atoms with Crippen LogP contribution in [0.15, 0.2) is 12.7 Å². The maximum atomic E-state index is 11.7. The monoisotopic (exact) mass is 452 g/mol. The number of imidazole rings is 1. The molecule has 2 aliphatic heterocycles. The van der Waals surface area contributed by atoms with Crippen LogP contribution in [0.1, 0.15) is 19.1 Å². The molecule has 2 aliphatic rings. The van der Waals surface area contributed by atoms with Gasteiger partial charge in [0.1, 0.15) is 31.2 Å². The van der Waals surface area contributed by atoms with E-state index < -0.39 is 36.6 Å². The third kappa shape index (κ3) is 4.72. The summed E-state index contributed by atoms with van der Waals surface area (Å²) < 4.78 is 17.5. The van der Waals surface area contributed by atoms with Crippen molar-refractivity contribution < 1.29 is 39.1 Å². The lowest BCUT2D eigenvalue weighted by Crippen LogP contribution is -2.36. The quantitative estimate of drug-likeness (QED) is 0.324. The number of fused-ring (bicyclic) bond motifs is 1. The number of aliphatic hydroxyl groups excluding tert-OH is 2. The van der Waals surface area contributed by atoms with Gasteiger partial charge in [-0.15, -0.1) is 0 Å². The summed E-state index contributed by atoms with van der Waals surface area (Å²) in [5.74, 6) is -0.535. The maximum absolute atomic E-state index is 11.7. The Morgan fingerprint density at radius 2 is 2.09 bits per heavy atom. The van der Waals surface area contributed by atoms with Gasteiger partial charge in [0.2, 0.25) is 0 Å². The van der Waals surface area contributed by atoms with Gasteiger partial charge in [0.05, 0.1) is 25.4 Å². The Morgan fingerprint density at radius 1 is 1.25 bits per heavy atom. The Hall–Kier alpha value is -3.07. The molecule has 0 saturated carbocycles. The number of aromatic nitrogens is 4. The molecule has 2 aromatic heterocycles. The van der Waals surface area contributed by atoms with E-state index in [4.69, 9.17) is 19.3 Å². The lowest BCUT2D eigenvalue weighted by atomic mass is 10.1. The first-order chi connectivity index (χ1) is 15.4. The molecule has 1 amide bonds. The number of carboxylic acid groups (broad SMARTS) is 1. The highest BCUT2D eigenvalue weighted by Crippen LogP contribution is 2.32. The molecule has 0 aliphatic carbocycles. The maximum Gasteiger partial charge on any atom is 0.407 e. The second-order valence-electron chi connectivity index (χ2n) is 7.47. The van der Waals surface area contributed by atoms with E-state index in [9.17, 15) is 19.8 Å². The van der Waals surface area contributed by atoms with Gasteiger partial charge in [0, 0.05) is 13.2 Å². The molecule has 5 atom stereocenters. The van der Waals surface area contributed by atoms with Crippen LogP contribution in [-0.2, 0) is 19.0 Å². The van der Waals surface area contributed by atoms with E-state index in [0.717, 1.165) is 6.42 Å². The summed E-state index contributed by atoms with van der Waals surface area (Å²) in [6, 6.07) is 0.108. The van der Waals surface area contributed by atoms with E-state index >= 15 is 0 Å². The van der Waals surface area contributed by atoms with Crippen LogP contribution < -0.4 is 10.6 Å². The van der Waals surface area contributed by atoms with Crippen LogP contribution in [-0.4, -0.2) is 97.6 Å². The molecule has 5 N–H and O–H groups in total. The fourth-order valence-corrected chi connectivity index (χ4v) is 3.56. The molecule has 2 fully saturated rings. The zero-order chi connectivity index (χ0) is 22.7. The number of carbonyl (C=O) groups excluding carboxylic acids is 1. The minimum Gasteiger partial charge on any atom is -0.481 e. The Bertz CT molecular complexity index is 964.